The number of thiophene rings is 1. The summed E-state index contributed by atoms with van der Waals surface area (Å²) in [6, 6.07) is 11.8. The molecule has 0 bridgehead atoms. The lowest BCUT2D eigenvalue weighted by atomic mass is 10.2. The molecule has 0 aliphatic carbocycles. The molecule has 2 N–H and O–H groups in total. The average molecular weight is 477 g/mol. The molecule has 1 aromatic carbocycles. The Morgan fingerprint density at radius 3 is 2.69 bits per heavy atom. The van der Waals surface area contributed by atoms with Crippen LogP contribution in [0.1, 0.15) is 16.9 Å². The Kier molecular flexibility index (Phi) is 10.2. The number of carbonyl (C=O) groups is 1. The lowest BCUT2D eigenvalue weighted by molar-refractivity contribution is -0.120. The van der Waals surface area contributed by atoms with Crippen molar-refractivity contribution in [1.29, 1.82) is 0 Å². The molecule has 1 saturated heterocycles. The van der Waals surface area contributed by atoms with Gasteiger partial charge in [0.25, 0.3) is 0 Å². The van der Waals surface area contributed by atoms with E-state index < -0.39 is 0 Å². The van der Waals surface area contributed by atoms with E-state index in [0.717, 1.165) is 63.7 Å². The SMILES string of the molecule is COc1ccc(CNC(=O)CNC(=S)N(CCCN2CCOCC2)Cc2cccs2)cc1. The minimum absolute atomic E-state index is 0.0902. The molecular formula is C23H32N4O3S2. The molecule has 0 unspecified atom stereocenters. The number of benzene rings is 1. The molecule has 7 nitrogen and oxygen atoms in total. The third-order valence-electron chi connectivity index (χ3n) is 5.27. The molecule has 2 heterocycles. The summed E-state index contributed by atoms with van der Waals surface area (Å²) in [5, 5.41) is 8.74. The summed E-state index contributed by atoms with van der Waals surface area (Å²) < 4.78 is 10.6. The summed E-state index contributed by atoms with van der Waals surface area (Å²) in [5.74, 6) is 0.708. The Hall–Kier alpha value is -2.20. The van der Waals surface area contributed by atoms with Crippen LogP contribution in [0.2, 0.25) is 0 Å². The Balaban J connectivity index is 1.43. The van der Waals surface area contributed by atoms with Crippen molar-refractivity contribution in [2.24, 2.45) is 0 Å². The Morgan fingerprint density at radius 1 is 1.22 bits per heavy atom. The third kappa shape index (κ3) is 8.38. The van der Waals surface area contributed by atoms with Crippen molar-refractivity contribution in [3.8, 4) is 5.75 Å². The largest absolute Gasteiger partial charge is 0.497 e. The highest BCUT2D eigenvalue weighted by Crippen LogP contribution is 2.13. The molecule has 0 spiro atoms. The maximum atomic E-state index is 12.3. The number of ether oxygens (including phenoxy) is 2. The van der Waals surface area contributed by atoms with Gasteiger partial charge in [-0.1, -0.05) is 18.2 Å². The topological polar surface area (TPSA) is 66.1 Å². The van der Waals surface area contributed by atoms with Crippen molar-refractivity contribution < 1.29 is 14.3 Å². The molecule has 32 heavy (non-hydrogen) atoms. The second-order valence-electron chi connectivity index (χ2n) is 7.59. The van der Waals surface area contributed by atoms with E-state index in [9.17, 15) is 4.79 Å². The predicted octanol–water partition coefficient (Wildman–Crippen LogP) is 2.47. The standard InChI is InChI=1S/C23H32N4O3S2/c1-29-20-7-5-19(6-8-20)16-24-22(28)17-25-23(31)27(18-21-4-2-15-32-21)10-3-9-26-11-13-30-14-12-26/h2,4-8,15H,3,9-14,16-18H2,1H3,(H,24,28)(H,25,31). The Bertz CT molecular complexity index is 824. The zero-order valence-corrected chi connectivity index (χ0v) is 20.2. The molecule has 174 valence electrons. The number of hydrogen-bond donors (Lipinski definition) is 2. The number of carbonyl (C=O) groups excluding carboxylic acids is 1. The van der Waals surface area contributed by atoms with Crippen molar-refractivity contribution in [3.63, 3.8) is 0 Å². The van der Waals surface area contributed by atoms with E-state index >= 15 is 0 Å². The van der Waals surface area contributed by atoms with Gasteiger partial charge < -0.3 is 25.0 Å². The van der Waals surface area contributed by atoms with Gasteiger partial charge in [0, 0.05) is 37.6 Å². The van der Waals surface area contributed by atoms with Gasteiger partial charge in [-0.05, 0) is 47.8 Å². The van der Waals surface area contributed by atoms with E-state index in [2.05, 4.69) is 37.9 Å². The molecule has 1 aliphatic rings. The van der Waals surface area contributed by atoms with Gasteiger partial charge in [0.15, 0.2) is 5.11 Å². The molecule has 0 saturated carbocycles. The summed E-state index contributed by atoms with van der Waals surface area (Å²) in [4.78, 5) is 18.1. The number of morpholine rings is 1. The van der Waals surface area contributed by atoms with Gasteiger partial charge >= 0.3 is 0 Å². The van der Waals surface area contributed by atoms with E-state index in [-0.39, 0.29) is 12.5 Å². The third-order valence-corrected chi connectivity index (χ3v) is 6.53. The summed E-state index contributed by atoms with van der Waals surface area (Å²) in [5.41, 5.74) is 1.02. The van der Waals surface area contributed by atoms with E-state index in [1.165, 1.54) is 4.88 Å². The number of hydrogen-bond acceptors (Lipinski definition) is 6. The van der Waals surface area contributed by atoms with Gasteiger partial charge in [-0.2, -0.15) is 0 Å². The Labute approximate surface area is 199 Å². The van der Waals surface area contributed by atoms with Crippen LogP contribution >= 0.6 is 23.6 Å². The lowest BCUT2D eigenvalue weighted by Gasteiger charge is -2.29. The normalized spacial score (nSPS) is 14.0. The second kappa shape index (κ2) is 13.4. The fourth-order valence-corrected chi connectivity index (χ4v) is 4.37. The molecule has 3 rings (SSSR count). The van der Waals surface area contributed by atoms with Crippen LogP contribution in [0, 0.1) is 0 Å². The van der Waals surface area contributed by atoms with Crippen LogP contribution in [0.3, 0.4) is 0 Å². The van der Waals surface area contributed by atoms with Gasteiger partial charge in [-0.15, -0.1) is 11.3 Å². The summed E-state index contributed by atoms with van der Waals surface area (Å²) in [6.07, 6.45) is 1.01. The molecule has 1 amide bonds. The van der Waals surface area contributed by atoms with Crippen LogP contribution in [-0.2, 0) is 22.6 Å². The molecule has 0 atom stereocenters. The van der Waals surface area contributed by atoms with E-state index in [4.69, 9.17) is 21.7 Å². The van der Waals surface area contributed by atoms with Crippen molar-refractivity contribution >= 4 is 34.6 Å². The first-order chi connectivity index (χ1) is 15.6. The van der Waals surface area contributed by atoms with Gasteiger partial charge in [0.2, 0.25) is 5.91 Å². The molecule has 2 aromatic rings. The maximum absolute atomic E-state index is 12.3. The molecule has 1 aromatic heterocycles. The van der Waals surface area contributed by atoms with Crippen LogP contribution in [0.5, 0.6) is 5.75 Å². The number of rotatable bonds is 11. The molecule has 1 aliphatic heterocycles. The minimum Gasteiger partial charge on any atom is -0.497 e. The number of methoxy groups -OCH3 is 1. The van der Waals surface area contributed by atoms with Crippen molar-refractivity contribution in [3.05, 3.63) is 52.2 Å². The van der Waals surface area contributed by atoms with Gasteiger partial charge in [0.1, 0.15) is 5.75 Å². The fourth-order valence-electron chi connectivity index (χ4n) is 3.43. The van der Waals surface area contributed by atoms with Crippen LogP contribution in [0.15, 0.2) is 41.8 Å². The summed E-state index contributed by atoms with van der Waals surface area (Å²) in [7, 11) is 1.63. The maximum Gasteiger partial charge on any atom is 0.239 e. The number of nitrogens with one attached hydrogen (secondary N) is 2. The highest BCUT2D eigenvalue weighted by atomic mass is 32.1. The van der Waals surface area contributed by atoms with Crippen LogP contribution in [-0.4, -0.2) is 73.9 Å². The van der Waals surface area contributed by atoms with Gasteiger partial charge in [0.05, 0.1) is 33.4 Å². The van der Waals surface area contributed by atoms with Crippen LogP contribution < -0.4 is 15.4 Å². The van der Waals surface area contributed by atoms with E-state index in [0.29, 0.717) is 11.7 Å². The molecule has 9 heteroatoms. The Morgan fingerprint density at radius 2 is 2.00 bits per heavy atom. The van der Waals surface area contributed by atoms with E-state index in [1.54, 1.807) is 18.4 Å². The highest BCUT2D eigenvalue weighted by molar-refractivity contribution is 7.80. The smallest absolute Gasteiger partial charge is 0.239 e. The molecule has 1 fully saturated rings. The van der Waals surface area contributed by atoms with Gasteiger partial charge in [-0.3, -0.25) is 9.69 Å². The monoisotopic (exact) mass is 476 g/mol. The number of amides is 1. The quantitative estimate of drug-likeness (QED) is 0.483. The van der Waals surface area contributed by atoms with E-state index in [1.807, 2.05) is 24.3 Å². The average Bonchev–Trinajstić information content (AvgIpc) is 3.35. The molecular weight excluding hydrogens is 444 g/mol. The van der Waals surface area contributed by atoms with Crippen LogP contribution in [0.25, 0.3) is 0 Å². The fraction of sp³-hybridized carbons (Fsp3) is 0.478. The lowest BCUT2D eigenvalue weighted by Crippen LogP contribution is -2.45. The number of thiocarbonyl (C=S) groups is 1. The number of nitrogens with zero attached hydrogens (tertiary/aromatic N) is 2. The first-order valence-corrected chi connectivity index (χ1v) is 12.2. The summed E-state index contributed by atoms with van der Waals surface area (Å²) in [6.45, 7) is 6.83. The summed E-state index contributed by atoms with van der Waals surface area (Å²) >= 11 is 7.35. The minimum atomic E-state index is -0.0902. The van der Waals surface area contributed by atoms with Crippen molar-refractivity contribution in [1.82, 2.24) is 20.4 Å². The highest BCUT2D eigenvalue weighted by Gasteiger charge is 2.14. The van der Waals surface area contributed by atoms with Crippen molar-refractivity contribution in [2.45, 2.75) is 19.5 Å². The zero-order valence-electron chi connectivity index (χ0n) is 18.5. The van der Waals surface area contributed by atoms with Crippen LogP contribution in [0.4, 0.5) is 0 Å². The van der Waals surface area contributed by atoms with Gasteiger partial charge in [-0.25, -0.2) is 0 Å². The van der Waals surface area contributed by atoms with Crippen molar-refractivity contribution in [2.75, 3.05) is 53.0 Å². The zero-order chi connectivity index (χ0) is 22.6. The first-order valence-electron chi connectivity index (χ1n) is 10.9. The predicted molar refractivity (Wildman–Crippen MR) is 132 cm³/mol. The first kappa shape index (κ1) is 24.4. The second-order valence-corrected chi connectivity index (χ2v) is 9.01. The molecule has 0 radical (unpaired) electrons.